The Morgan fingerprint density at radius 2 is 1.71 bits per heavy atom. The van der Waals surface area contributed by atoms with Gasteiger partial charge in [-0.05, 0) is 55.4 Å². The first-order valence-electron chi connectivity index (χ1n) is 13.0. The molecule has 3 atom stereocenters. The molecule has 2 saturated heterocycles. The van der Waals surface area contributed by atoms with Crippen LogP contribution < -0.4 is 5.32 Å². The zero-order valence-corrected chi connectivity index (χ0v) is 22.6. The number of hydrogen-bond acceptors (Lipinski definition) is 4. The van der Waals surface area contributed by atoms with Crippen molar-refractivity contribution in [2.45, 2.75) is 65.1 Å². The fourth-order valence-corrected chi connectivity index (χ4v) is 5.91. The summed E-state index contributed by atoms with van der Waals surface area (Å²) in [5.74, 6) is 0.618. The Bertz CT molecular complexity index is 1020. The van der Waals surface area contributed by atoms with E-state index in [0.29, 0.717) is 31.1 Å². The van der Waals surface area contributed by atoms with Crippen LogP contribution in [-0.4, -0.2) is 78.0 Å². The maximum absolute atomic E-state index is 13.2. The lowest BCUT2D eigenvalue weighted by Gasteiger charge is -2.27. The number of aryl methyl sites for hydroxylation is 1. The lowest BCUT2D eigenvalue weighted by molar-refractivity contribution is 0.0740. The van der Waals surface area contributed by atoms with Crippen LogP contribution in [-0.2, 0) is 6.42 Å². The highest BCUT2D eigenvalue weighted by Gasteiger charge is 2.36. The Kier molecular flexibility index (Phi) is 8.17. The summed E-state index contributed by atoms with van der Waals surface area (Å²) >= 11 is 1.54. The second kappa shape index (κ2) is 11.1. The monoisotopic (exact) mass is 496 g/mol. The molecule has 0 saturated carbocycles. The number of carbonyl (C=O) groups is 2. The van der Waals surface area contributed by atoms with Gasteiger partial charge in [0, 0.05) is 50.2 Å². The van der Waals surface area contributed by atoms with E-state index in [9.17, 15) is 9.59 Å². The molecule has 3 amide bonds. The molecule has 0 bridgehead atoms. The van der Waals surface area contributed by atoms with Gasteiger partial charge in [0.2, 0.25) is 0 Å². The lowest BCUT2D eigenvalue weighted by Crippen LogP contribution is -2.46. The number of hydrogen-bond donors (Lipinski definition) is 1. The number of rotatable bonds is 7. The van der Waals surface area contributed by atoms with E-state index < -0.39 is 0 Å². The van der Waals surface area contributed by atoms with Gasteiger partial charge in [-0.1, -0.05) is 45.0 Å². The average molecular weight is 497 g/mol. The molecular weight excluding hydrogens is 456 g/mol. The van der Waals surface area contributed by atoms with E-state index in [4.69, 9.17) is 0 Å². The lowest BCUT2D eigenvalue weighted by atomic mass is 10.1. The molecule has 0 radical (unpaired) electrons. The van der Waals surface area contributed by atoms with Gasteiger partial charge in [-0.25, -0.2) is 4.79 Å². The topological polar surface area (TPSA) is 55.9 Å². The molecule has 2 fully saturated rings. The van der Waals surface area contributed by atoms with Crippen LogP contribution in [0, 0.1) is 5.92 Å². The molecule has 2 aromatic rings. The third-order valence-corrected chi connectivity index (χ3v) is 8.85. The molecule has 2 aliphatic heterocycles. The Morgan fingerprint density at radius 1 is 1.03 bits per heavy atom. The van der Waals surface area contributed by atoms with Crippen molar-refractivity contribution in [3.63, 3.8) is 0 Å². The number of likely N-dealkylation sites (N-methyl/N-ethyl adjacent to an activating group) is 1. The molecule has 3 heterocycles. The van der Waals surface area contributed by atoms with E-state index in [-0.39, 0.29) is 18.0 Å². The number of urea groups is 1. The van der Waals surface area contributed by atoms with Crippen molar-refractivity contribution >= 4 is 23.3 Å². The Labute approximate surface area is 214 Å². The zero-order valence-electron chi connectivity index (χ0n) is 21.8. The SMILES string of the molecule is CCc1ccc(-c2ccc(C(=O)N(C)C3CCN(C(=O)N4CCC(NC(C)C(C)C)C4)C3)s2)cc1. The smallest absolute Gasteiger partial charge is 0.320 e. The van der Waals surface area contributed by atoms with Crippen molar-refractivity contribution in [2.24, 2.45) is 5.92 Å². The third kappa shape index (κ3) is 5.89. The van der Waals surface area contributed by atoms with Gasteiger partial charge in [-0.3, -0.25) is 4.79 Å². The molecule has 1 aromatic heterocycles. The summed E-state index contributed by atoms with van der Waals surface area (Å²) in [5.41, 5.74) is 2.46. The van der Waals surface area contributed by atoms with Crippen LogP contribution in [0.5, 0.6) is 0 Å². The summed E-state index contributed by atoms with van der Waals surface area (Å²) in [6, 6.07) is 13.5. The van der Waals surface area contributed by atoms with Gasteiger partial charge in [-0.2, -0.15) is 0 Å². The first-order valence-corrected chi connectivity index (χ1v) is 13.8. The number of carbonyl (C=O) groups excluding carboxylic acids is 2. The van der Waals surface area contributed by atoms with E-state index in [0.717, 1.165) is 47.7 Å². The highest BCUT2D eigenvalue weighted by molar-refractivity contribution is 7.17. The number of nitrogens with zero attached hydrogens (tertiary/aromatic N) is 3. The Balaban J connectivity index is 1.31. The highest BCUT2D eigenvalue weighted by atomic mass is 32.1. The first-order chi connectivity index (χ1) is 16.8. The maximum Gasteiger partial charge on any atom is 0.320 e. The summed E-state index contributed by atoms with van der Waals surface area (Å²) in [6.07, 6.45) is 2.84. The highest BCUT2D eigenvalue weighted by Crippen LogP contribution is 2.30. The fraction of sp³-hybridized carbons (Fsp3) is 0.571. The van der Waals surface area contributed by atoms with Gasteiger partial charge >= 0.3 is 6.03 Å². The molecule has 0 spiro atoms. The van der Waals surface area contributed by atoms with E-state index in [1.807, 2.05) is 33.9 Å². The normalized spacial score (nSPS) is 21.1. The summed E-state index contributed by atoms with van der Waals surface area (Å²) < 4.78 is 0. The molecular formula is C28H40N4O2S. The summed E-state index contributed by atoms with van der Waals surface area (Å²) in [4.78, 5) is 34.0. The number of amides is 3. The van der Waals surface area contributed by atoms with Crippen LogP contribution in [0.15, 0.2) is 36.4 Å². The first kappa shape index (κ1) is 25.7. The minimum absolute atomic E-state index is 0.0406. The third-order valence-electron chi connectivity index (χ3n) is 7.72. The van der Waals surface area contributed by atoms with Crippen molar-refractivity contribution in [1.29, 1.82) is 0 Å². The Morgan fingerprint density at radius 3 is 2.40 bits per heavy atom. The number of benzene rings is 1. The second-order valence-electron chi connectivity index (χ2n) is 10.4. The standard InChI is InChI=1S/C28H40N4O2S/c1-6-21-7-9-22(10-8-21)25-11-12-26(35-25)27(33)30(5)24-14-16-32(18-24)28(34)31-15-13-23(17-31)29-20(4)19(2)3/h7-12,19-20,23-24,29H,6,13-18H2,1-5H3. The molecule has 190 valence electrons. The Hall–Kier alpha value is -2.38. The van der Waals surface area contributed by atoms with E-state index in [2.05, 4.69) is 57.3 Å². The van der Waals surface area contributed by atoms with Crippen LogP contribution in [0.3, 0.4) is 0 Å². The molecule has 1 N–H and O–H groups in total. The van der Waals surface area contributed by atoms with Crippen molar-refractivity contribution in [2.75, 3.05) is 33.2 Å². The molecule has 3 unspecified atom stereocenters. The molecule has 0 aliphatic carbocycles. The zero-order chi connectivity index (χ0) is 25.1. The molecule has 6 nitrogen and oxygen atoms in total. The van der Waals surface area contributed by atoms with Gasteiger partial charge in [-0.15, -0.1) is 11.3 Å². The van der Waals surface area contributed by atoms with Gasteiger partial charge in [0.1, 0.15) is 0 Å². The van der Waals surface area contributed by atoms with Crippen LogP contribution in [0.2, 0.25) is 0 Å². The van der Waals surface area contributed by atoms with Crippen molar-refractivity contribution < 1.29 is 9.59 Å². The van der Waals surface area contributed by atoms with E-state index in [1.54, 1.807) is 11.3 Å². The molecule has 4 rings (SSSR count). The molecule has 2 aliphatic rings. The largest absolute Gasteiger partial charge is 0.336 e. The van der Waals surface area contributed by atoms with Gasteiger partial charge in [0.15, 0.2) is 0 Å². The summed E-state index contributed by atoms with van der Waals surface area (Å²) in [6.45, 7) is 11.7. The predicted molar refractivity (Wildman–Crippen MR) is 144 cm³/mol. The fourth-order valence-electron chi connectivity index (χ4n) is 4.92. The van der Waals surface area contributed by atoms with Crippen LogP contribution in [0.1, 0.15) is 55.8 Å². The minimum Gasteiger partial charge on any atom is -0.336 e. The van der Waals surface area contributed by atoms with Crippen LogP contribution in [0.25, 0.3) is 10.4 Å². The van der Waals surface area contributed by atoms with Crippen molar-refractivity contribution in [3.8, 4) is 10.4 Å². The van der Waals surface area contributed by atoms with Crippen molar-refractivity contribution in [1.82, 2.24) is 20.0 Å². The minimum atomic E-state index is 0.0406. The van der Waals surface area contributed by atoms with E-state index in [1.165, 1.54) is 5.56 Å². The number of thiophene rings is 1. The van der Waals surface area contributed by atoms with Crippen molar-refractivity contribution in [3.05, 3.63) is 46.8 Å². The molecule has 35 heavy (non-hydrogen) atoms. The molecule has 7 heteroatoms. The van der Waals surface area contributed by atoms with Gasteiger partial charge in [0.25, 0.3) is 5.91 Å². The van der Waals surface area contributed by atoms with Gasteiger partial charge in [0.05, 0.1) is 10.9 Å². The summed E-state index contributed by atoms with van der Waals surface area (Å²) in [5, 5.41) is 3.67. The number of nitrogens with one attached hydrogen (secondary N) is 1. The second-order valence-corrected chi connectivity index (χ2v) is 11.5. The van der Waals surface area contributed by atoms with E-state index >= 15 is 0 Å². The summed E-state index contributed by atoms with van der Waals surface area (Å²) in [7, 11) is 1.87. The van der Waals surface area contributed by atoms with Crippen LogP contribution in [0.4, 0.5) is 4.79 Å². The molecule has 1 aromatic carbocycles. The maximum atomic E-state index is 13.2. The predicted octanol–water partition coefficient (Wildman–Crippen LogP) is 4.95. The van der Waals surface area contributed by atoms with Crippen LogP contribution >= 0.6 is 11.3 Å². The van der Waals surface area contributed by atoms with Gasteiger partial charge < -0.3 is 20.0 Å². The number of likely N-dealkylation sites (tertiary alicyclic amines) is 2. The average Bonchev–Trinajstić information content (AvgIpc) is 3.63. The quantitative estimate of drug-likeness (QED) is 0.590.